The highest BCUT2D eigenvalue weighted by Crippen LogP contribution is 2.32. The Morgan fingerprint density at radius 1 is 1.31 bits per heavy atom. The third kappa shape index (κ3) is 2.04. The van der Waals surface area contributed by atoms with Gasteiger partial charge in [0.15, 0.2) is 5.82 Å². The van der Waals surface area contributed by atoms with Gasteiger partial charge in [-0.25, -0.2) is 0 Å². The monoisotopic (exact) mass is 223 g/mol. The van der Waals surface area contributed by atoms with E-state index >= 15 is 0 Å². The van der Waals surface area contributed by atoms with E-state index in [0.29, 0.717) is 5.92 Å². The molecule has 90 valence electrons. The lowest BCUT2D eigenvalue weighted by molar-refractivity contribution is 0.297. The molecule has 5 nitrogen and oxygen atoms in total. The van der Waals surface area contributed by atoms with Gasteiger partial charge in [0.1, 0.15) is 0 Å². The van der Waals surface area contributed by atoms with E-state index in [9.17, 15) is 0 Å². The van der Waals surface area contributed by atoms with Crippen LogP contribution in [-0.2, 0) is 7.05 Å². The lowest BCUT2D eigenvalue weighted by atomic mass is 9.84. The summed E-state index contributed by atoms with van der Waals surface area (Å²) in [5, 5.41) is 11.3. The molecule has 5 heteroatoms. The van der Waals surface area contributed by atoms with E-state index in [1.807, 2.05) is 18.7 Å². The van der Waals surface area contributed by atoms with Gasteiger partial charge in [0, 0.05) is 14.1 Å². The summed E-state index contributed by atoms with van der Waals surface area (Å²) in [6, 6.07) is 0.0277. The maximum Gasteiger partial charge on any atom is 0.224 e. The molecule has 1 fully saturated rings. The van der Waals surface area contributed by atoms with E-state index in [1.165, 1.54) is 32.1 Å². The molecular weight excluding hydrogens is 202 g/mol. The first-order chi connectivity index (χ1) is 7.74. The van der Waals surface area contributed by atoms with Crippen molar-refractivity contribution in [1.29, 1.82) is 0 Å². The highest BCUT2D eigenvalue weighted by atomic mass is 15.3. The van der Waals surface area contributed by atoms with Crippen LogP contribution in [0.25, 0.3) is 0 Å². The van der Waals surface area contributed by atoms with Crippen LogP contribution in [0, 0.1) is 5.92 Å². The van der Waals surface area contributed by atoms with Gasteiger partial charge in [-0.3, -0.25) is 4.57 Å². The van der Waals surface area contributed by atoms with Crippen LogP contribution in [0.15, 0.2) is 0 Å². The molecule has 1 aromatic heterocycles. The van der Waals surface area contributed by atoms with E-state index in [-0.39, 0.29) is 6.04 Å². The summed E-state index contributed by atoms with van der Waals surface area (Å²) in [6.45, 7) is 0. The molecule has 0 aliphatic heterocycles. The summed E-state index contributed by atoms with van der Waals surface area (Å²) in [4.78, 5) is 0. The Bertz CT molecular complexity index is 340. The molecule has 1 saturated carbocycles. The largest absolute Gasteiger partial charge is 0.357 e. The molecule has 0 radical (unpaired) electrons. The van der Waals surface area contributed by atoms with Crippen molar-refractivity contribution in [3.8, 4) is 0 Å². The van der Waals surface area contributed by atoms with Crippen LogP contribution >= 0.6 is 0 Å². The molecule has 3 N–H and O–H groups in total. The fourth-order valence-corrected chi connectivity index (χ4v) is 2.55. The lowest BCUT2D eigenvalue weighted by Crippen LogP contribution is -2.26. The van der Waals surface area contributed by atoms with Crippen molar-refractivity contribution in [3.63, 3.8) is 0 Å². The van der Waals surface area contributed by atoms with Gasteiger partial charge in [-0.05, 0) is 18.8 Å². The van der Waals surface area contributed by atoms with Crippen molar-refractivity contribution in [2.75, 3.05) is 12.4 Å². The second-order valence-electron chi connectivity index (χ2n) is 4.61. The van der Waals surface area contributed by atoms with Gasteiger partial charge in [0.2, 0.25) is 5.95 Å². The molecule has 1 aliphatic carbocycles. The van der Waals surface area contributed by atoms with Gasteiger partial charge in [-0.1, -0.05) is 19.3 Å². The zero-order valence-electron chi connectivity index (χ0n) is 10.1. The number of rotatable bonds is 3. The van der Waals surface area contributed by atoms with E-state index in [4.69, 9.17) is 5.73 Å². The second-order valence-corrected chi connectivity index (χ2v) is 4.61. The number of hydrogen-bond donors (Lipinski definition) is 2. The van der Waals surface area contributed by atoms with Crippen molar-refractivity contribution in [1.82, 2.24) is 14.8 Å². The Morgan fingerprint density at radius 2 is 2.00 bits per heavy atom. The maximum atomic E-state index is 6.29. The van der Waals surface area contributed by atoms with Crippen LogP contribution in [0.3, 0.4) is 0 Å². The fourth-order valence-electron chi connectivity index (χ4n) is 2.55. The second kappa shape index (κ2) is 4.82. The predicted molar refractivity (Wildman–Crippen MR) is 64.1 cm³/mol. The average Bonchev–Trinajstić information content (AvgIpc) is 2.70. The van der Waals surface area contributed by atoms with E-state index < -0.39 is 0 Å². The number of nitrogens with two attached hydrogens (primary N) is 1. The smallest absolute Gasteiger partial charge is 0.224 e. The first-order valence-electron chi connectivity index (χ1n) is 6.06. The molecule has 1 unspecified atom stereocenters. The normalized spacial score (nSPS) is 19.7. The summed E-state index contributed by atoms with van der Waals surface area (Å²) >= 11 is 0. The van der Waals surface area contributed by atoms with Gasteiger partial charge in [-0.15, -0.1) is 10.2 Å². The van der Waals surface area contributed by atoms with Gasteiger partial charge >= 0.3 is 0 Å². The summed E-state index contributed by atoms with van der Waals surface area (Å²) in [5.41, 5.74) is 6.29. The van der Waals surface area contributed by atoms with Crippen LogP contribution in [-0.4, -0.2) is 21.8 Å². The Hall–Kier alpha value is -1.10. The Morgan fingerprint density at radius 3 is 2.56 bits per heavy atom. The minimum absolute atomic E-state index is 0.0277. The van der Waals surface area contributed by atoms with Crippen molar-refractivity contribution in [2.45, 2.75) is 38.1 Å². The Kier molecular flexibility index (Phi) is 3.43. The number of aromatic nitrogens is 3. The zero-order chi connectivity index (χ0) is 11.5. The molecule has 1 atom stereocenters. The van der Waals surface area contributed by atoms with Crippen molar-refractivity contribution in [2.24, 2.45) is 18.7 Å². The van der Waals surface area contributed by atoms with Crippen molar-refractivity contribution in [3.05, 3.63) is 5.82 Å². The van der Waals surface area contributed by atoms with Crippen LogP contribution < -0.4 is 11.1 Å². The SMILES string of the molecule is CNc1nnc(C(N)C2CCCCC2)n1C. The third-order valence-electron chi connectivity index (χ3n) is 3.59. The topological polar surface area (TPSA) is 68.8 Å². The van der Waals surface area contributed by atoms with Crippen LogP contribution in [0.4, 0.5) is 5.95 Å². The van der Waals surface area contributed by atoms with Crippen LogP contribution in [0.2, 0.25) is 0 Å². The lowest BCUT2D eigenvalue weighted by Gasteiger charge is -2.26. The minimum Gasteiger partial charge on any atom is -0.357 e. The molecule has 0 spiro atoms. The fraction of sp³-hybridized carbons (Fsp3) is 0.818. The summed E-state index contributed by atoms with van der Waals surface area (Å²) < 4.78 is 1.96. The van der Waals surface area contributed by atoms with Gasteiger partial charge in [-0.2, -0.15) is 0 Å². The first-order valence-corrected chi connectivity index (χ1v) is 6.06. The minimum atomic E-state index is 0.0277. The Labute approximate surface area is 96.4 Å². The molecule has 1 aromatic rings. The zero-order valence-corrected chi connectivity index (χ0v) is 10.1. The Balaban J connectivity index is 2.12. The first kappa shape index (κ1) is 11.4. The molecule has 1 heterocycles. The maximum absolute atomic E-state index is 6.29. The predicted octanol–water partition coefficient (Wildman–Crippen LogP) is 1.44. The molecule has 16 heavy (non-hydrogen) atoms. The van der Waals surface area contributed by atoms with Crippen molar-refractivity contribution < 1.29 is 0 Å². The summed E-state index contributed by atoms with van der Waals surface area (Å²) in [5.74, 6) is 2.25. The van der Waals surface area contributed by atoms with Gasteiger partial charge in [0.25, 0.3) is 0 Å². The highest BCUT2D eigenvalue weighted by molar-refractivity contribution is 5.24. The number of nitrogens with zero attached hydrogens (tertiary/aromatic N) is 3. The molecule has 0 aromatic carbocycles. The molecule has 0 saturated heterocycles. The summed E-state index contributed by atoms with van der Waals surface area (Å²) in [7, 11) is 3.81. The van der Waals surface area contributed by atoms with Gasteiger partial charge < -0.3 is 11.1 Å². The van der Waals surface area contributed by atoms with Crippen LogP contribution in [0.1, 0.15) is 44.0 Å². The summed E-state index contributed by atoms with van der Waals surface area (Å²) in [6.07, 6.45) is 6.40. The molecule has 1 aliphatic rings. The van der Waals surface area contributed by atoms with Gasteiger partial charge in [0.05, 0.1) is 6.04 Å². The molecule has 2 rings (SSSR count). The van der Waals surface area contributed by atoms with E-state index in [2.05, 4.69) is 15.5 Å². The quantitative estimate of drug-likeness (QED) is 0.813. The van der Waals surface area contributed by atoms with Crippen molar-refractivity contribution >= 4 is 5.95 Å². The molecule has 0 bridgehead atoms. The number of nitrogens with one attached hydrogen (secondary N) is 1. The third-order valence-corrected chi connectivity index (χ3v) is 3.59. The average molecular weight is 223 g/mol. The van der Waals surface area contributed by atoms with E-state index in [1.54, 1.807) is 0 Å². The number of anilines is 1. The number of hydrogen-bond acceptors (Lipinski definition) is 4. The molecule has 0 amide bonds. The van der Waals surface area contributed by atoms with E-state index in [0.717, 1.165) is 11.8 Å². The highest BCUT2D eigenvalue weighted by Gasteiger charge is 2.25. The molecular formula is C11H21N5. The van der Waals surface area contributed by atoms with Crippen LogP contribution in [0.5, 0.6) is 0 Å². The standard InChI is InChI=1S/C11H21N5/c1-13-11-15-14-10(16(11)2)9(12)8-6-4-3-5-7-8/h8-9H,3-7,12H2,1-2H3,(H,13,15).